The fraction of sp³-hybridized carbons (Fsp3) is 0.514. The molecule has 5 N–H and O–H groups in total. The minimum Gasteiger partial charge on any atom is -0.497 e. The molecule has 1 saturated carbocycles. The highest BCUT2D eigenvalue weighted by atomic mass is 16.7. The molecule has 10 atom stereocenters. The Hall–Kier alpha value is -3.98. The summed E-state index contributed by atoms with van der Waals surface area (Å²) in [5.74, 6) is -0.411. The van der Waals surface area contributed by atoms with E-state index < -0.39 is 72.9 Å². The summed E-state index contributed by atoms with van der Waals surface area (Å²) in [5.41, 5.74) is 1.51. The number of rotatable bonds is 10. The van der Waals surface area contributed by atoms with Crippen LogP contribution < -0.4 is 19.6 Å². The van der Waals surface area contributed by atoms with Crippen molar-refractivity contribution in [2.24, 2.45) is 11.8 Å². The molecule has 2 aromatic carbocycles. The Kier molecular flexibility index (Phi) is 11.6. The molecule has 1 aliphatic heterocycles. The lowest BCUT2D eigenvalue weighted by Gasteiger charge is -2.41. The molecule has 10 unspecified atom stereocenters. The van der Waals surface area contributed by atoms with Gasteiger partial charge in [0.05, 0.1) is 25.2 Å². The molecule has 13 heteroatoms. The third kappa shape index (κ3) is 7.53. The molecule has 0 amide bonds. The van der Waals surface area contributed by atoms with Gasteiger partial charge in [0.25, 0.3) is 0 Å². The zero-order chi connectivity index (χ0) is 36.4. The molecular formula is C37H46O13. The van der Waals surface area contributed by atoms with Crippen molar-refractivity contribution in [3.63, 3.8) is 0 Å². The fourth-order valence-electron chi connectivity index (χ4n) is 6.59. The summed E-state index contributed by atoms with van der Waals surface area (Å²) >= 11 is 0. The number of fused-ring (bicyclic) bond motifs is 1. The molecule has 272 valence electrons. The predicted octanol–water partition coefficient (Wildman–Crippen LogP) is 2.87. The number of allylic oxidation sites excluding steroid dienone is 2. The number of aliphatic hydroxyl groups is 5. The highest BCUT2D eigenvalue weighted by Crippen LogP contribution is 2.40. The molecule has 1 aromatic heterocycles. The molecule has 13 nitrogen and oxygen atoms in total. The van der Waals surface area contributed by atoms with Crippen molar-refractivity contribution < 1.29 is 58.4 Å². The van der Waals surface area contributed by atoms with Crippen LogP contribution in [0.4, 0.5) is 0 Å². The maximum absolute atomic E-state index is 14.4. The van der Waals surface area contributed by atoms with E-state index in [-0.39, 0.29) is 40.6 Å². The van der Waals surface area contributed by atoms with Gasteiger partial charge in [-0.25, -0.2) is 0 Å². The minimum absolute atomic E-state index is 0.0863. The first-order chi connectivity index (χ1) is 23.7. The van der Waals surface area contributed by atoms with Crippen LogP contribution in [-0.2, 0) is 20.7 Å². The van der Waals surface area contributed by atoms with Crippen LogP contribution in [0.15, 0.2) is 57.3 Å². The van der Waals surface area contributed by atoms with Crippen molar-refractivity contribution in [1.82, 2.24) is 0 Å². The first-order valence-corrected chi connectivity index (χ1v) is 16.6. The van der Waals surface area contributed by atoms with Gasteiger partial charge in [-0.2, -0.15) is 0 Å². The van der Waals surface area contributed by atoms with Crippen molar-refractivity contribution in [1.29, 1.82) is 0 Å². The van der Waals surface area contributed by atoms with Gasteiger partial charge in [-0.1, -0.05) is 25.5 Å². The third-order valence-electron chi connectivity index (χ3n) is 9.41. The number of methoxy groups -OCH3 is 1. The fourth-order valence-corrected chi connectivity index (χ4v) is 6.59. The van der Waals surface area contributed by atoms with Gasteiger partial charge < -0.3 is 53.6 Å². The number of hydrogen-bond donors (Lipinski definition) is 5. The Labute approximate surface area is 289 Å². The van der Waals surface area contributed by atoms with Gasteiger partial charge >= 0.3 is 5.97 Å². The molecular weight excluding hydrogens is 652 g/mol. The van der Waals surface area contributed by atoms with E-state index in [1.165, 1.54) is 26.2 Å². The molecule has 50 heavy (non-hydrogen) atoms. The minimum atomic E-state index is -1.66. The van der Waals surface area contributed by atoms with E-state index in [1.54, 1.807) is 31.2 Å². The number of ether oxygens (including phenoxy) is 5. The molecule has 1 saturated heterocycles. The zero-order valence-electron chi connectivity index (χ0n) is 28.9. The van der Waals surface area contributed by atoms with Crippen LogP contribution in [0, 0.1) is 11.8 Å². The molecule has 5 rings (SSSR count). The molecule has 0 spiro atoms. The Morgan fingerprint density at radius 3 is 2.26 bits per heavy atom. The van der Waals surface area contributed by atoms with Crippen molar-refractivity contribution in [3.05, 3.63) is 63.8 Å². The summed E-state index contributed by atoms with van der Waals surface area (Å²) in [6, 6.07) is 9.81. The van der Waals surface area contributed by atoms with Gasteiger partial charge in [-0.05, 0) is 69.0 Å². The first kappa shape index (κ1) is 37.3. The van der Waals surface area contributed by atoms with Gasteiger partial charge in [0.15, 0.2) is 5.76 Å². The second kappa shape index (κ2) is 15.5. The van der Waals surface area contributed by atoms with E-state index in [4.69, 9.17) is 28.1 Å². The summed E-state index contributed by atoms with van der Waals surface area (Å²) in [5, 5.41) is 52.5. The number of hydrogen-bond acceptors (Lipinski definition) is 13. The molecule has 1 aliphatic carbocycles. The van der Waals surface area contributed by atoms with Crippen LogP contribution in [0.25, 0.3) is 22.3 Å². The summed E-state index contributed by atoms with van der Waals surface area (Å²) in [6.45, 7) is 8.15. The molecule has 2 heterocycles. The monoisotopic (exact) mass is 698 g/mol. The van der Waals surface area contributed by atoms with E-state index >= 15 is 0 Å². The largest absolute Gasteiger partial charge is 0.497 e. The van der Waals surface area contributed by atoms with Crippen molar-refractivity contribution >= 4 is 16.9 Å². The summed E-state index contributed by atoms with van der Waals surface area (Å²) < 4.78 is 35.5. The van der Waals surface area contributed by atoms with Gasteiger partial charge in [-0.3, -0.25) is 9.59 Å². The molecule has 0 bridgehead atoms. The van der Waals surface area contributed by atoms with Crippen LogP contribution in [0.1, 0.15) is 46.6 Å². The van der Waals surface area contributed by atoms with Crippen LogP contribution in [-0.4, -0.2) is 94.2 Å². The molecule has 2 fully saturated rings. The smallest absolute Gasteiger partial charge is 0.302 e. The Bertz CT molecular complexity index is 1740. The highest BCUT2D eigenvalue weighted by Gasteiger charge is 2.46. The topological polar surface area (TPSA) is 195 Å². The van der Waals surface area contributed by atoms with E-state index in [0.717, 1.165) is 5.57 Å². The second-order valence-corrected chi connectivity index (χ2v) is 13.3. The molecule has 3 aromatic rings. The maximum Gasteiger partial charge on any atom is 0.302 e. The predicted molar refractivity (Wildman–Crippen MR) is 181 cm³/mol. The first-order valence-electron chi connectivity index (χ1n) is 16.6. The van der Waals surface area contributed by atoms with Crippen molar-refractivity contribution in [2.75, 3.05) is 13.7 Å². The molecule has 0 radical (unpaired) electrons. The van der Waals surface area contributed by atoms with E-state index in [2.05, 4.69) is 0 Å². The lowest BCUT2D eigenvalue weighted by atomic mass is 9.76. The SMILES string of the molecule is COc1ccc(-c2oc3c(CC=C(C)C)c(OC4OC(CO)C(O)C(O)C4O)ccc3c(=O)c2OC2CC(C)C(OC(C)=O)C(C)C2O)cc1. The summed E-state index contributed by atoms with van der Waals surface area (Å²) in [4.78, 5) is 26.2. The number of carbonyl (C=O) groups is 1. The standard InChI is InChI=1S/C37H46O13/c1-17(2)7-12-23-25(48-37-32(44)31(43)30(42)27(16-38)49-37)14-13-24-29(41)36(34(50-35(23)24)21-8-10-22(45-6)11-9-21)47-26-15-18(3)33(46-20(5)39)19(4)28(26)40/h7-11,13-14,18-19,26-28,30-33,37-38,40,42-44H,12,15-16H2,1-6H3. The highest BCUT2D eigenvalue weighted by molar-refractivity contribution is 5.86. The zero-order valence-corrected chi connectivity index (χ0v) is 28.9. The van der Waals surface area contributed by atoms with Crippen LogP contribution in [0.2, 0.25) is 0 Å². The Morgan fingerprint density at radius 2 is 1.64 bits per heavy atom. The van der Waals surface area contributed by atoms with E-state index in [1.807, 2.05) is 26.8 Å². The number of aliphatic hydroxyl groups excluding tert-OH is 5. The normalized spacial score (nSPS) is 29.7. The Morgan fingerprint density at radius 1 is 0.940 bits per heavy atom. The summed E-state index contributed by atoms with van der Waals surface area (Å²) in [7, 11) is 1.53. The van der Waals surface area contributed by atoms with Crippen LogP contribution in [0.3, 0.4) is 0 Å². The van der Waals surface area contributed by atoms with Crippen molar-refractivity contribution in [2.45, 2.75) is 96.5 Å². The van der Waals surface area contributed by atoms with E-state index in [9.17, 15) is 35.1 Å². The average Bonchev–Trinajstić information content (AvgIpc) is 3.09. The quantitative estimate of drug-likeness (QED) is 0.153. The summed E-state index contributed by atoms with van der Waals surface area (Å²) in [6.07, 6.45) is -7.57. The van der Waals surface area contributed by atoms with Gasteiger partial charge in [0.2, 0.25) is 17.5 Å². The van der Waals surface area contributed by atoms with Gasteiger partial charge in [-0.15, -0.1) is 0 Å². The van der Waals surface area contributed by atoms with Crippen LogP contribution >= 0.6 is 0 Å². The number of carbonyl (C=O) groups excluding carboxylic acids is 1. The number of esters is 1. The van der Waals surface area contributed by atoms with E-state index in [0.29, 0.717) is 23.3 Å². The second-order valence-electron chi connectivity index (χ2n) is 13.3. The Balaban J connectivity index is 1.65. The van der Waals surface area contributed by atoms with Gasteiger partial charge in [0.1, 0.15) is 53.7 Å². The third-order valence-corrected chi connectivity index (χ3v) is 9.41. The molecule has 2 aliphatic rings. The van der Waals surface area contributed by atoms with Crippen molar-refractivity contribution in [3.8, 4) is 28.6 Å². The lowest BCUT2D eigenvalue weighted by Crippen LogP contribution is -2.60. The maximum atomic E-state index is 14.4. The lowest BCUT2D eigenvalue weighted by molar-refractivity contribution is -0.277. The number of benzene rings is 2. The van der Waals surface area contributed by atoms with Crippen LogP contribution in [0.5, 0.6) is 17.2 Å². The van der Waals surface area contributed by atoms with Gasteiger partial charge in [0, 0.05) is 24.0 Å². The average molecular weight is 699 g/mol.